The Morgan fingerprint density at radius 2 is 1.86 bits per heavy atom. The topological polar surface area (TPSA) is 37.8 Å². The monoisotopic (exact) mass is 329 g/mol. The van der Waals surface area contributed by atoms with Crippen LogP contribution in [0.5, 0.6) is 0 Å². The van der Waals surface area contributed by atoms with E-state index in [-0.39, 0.29) is 0 Å². The van der Waals surface area contributed by atoms with Gasteiger partial charge in [-0.15, -0.1) is 11.3 Å². The van der Waals surface area contributed by atoms with E-state index < -0.39 is 0 Å². The number of benzene rings is 1. The quantitative estimate of drug-likeness (QED) is 0.650. The lowest BCUT2D eigenvalue weighted by atomic mass is 9.97. The number of anilines is 2. The van der Waals surface area contributed by atoms with Crippen molar-refractivity contribution in [3.05, 3.63) is 45.6 Å². The number of nitrogens with zero attached hydrogens (tertiary/aromatic N) is 2. The summed E-state index contributed by atoms with van der Waals surface area (Å²) in [6, 6.07) is 8.31. The van der Waals surface area contributed by atoms with E-state index in [0.717, 1.165) is 34.6 Å². The Morgan fingerprint density at radius 1 is 1.09 bits per heavy atom. The number of aryl methyl sites for hydroxylation is 3. The van der Waals surface area contributed by atoms with E-state index in [1.54, 1.807) is 11.3 Å². The van der Waals surface area contributed by atoms with Gasteiger partial charge in [-0.1, -0.05) is 17.7 Å². The van der Waals surface area contributed by atoms with Gasteiger partial charge in [0.15, 0.2) is 0 Å². The molecule has 1 aliphatic rings. The summed E-state index contributed by atoms with van der Waals surface area (Å²) in [5, 5.41) is 4.89. The minimum atomic E-state index is 0.306. The van der Waals surface area contributed by atoms with E-state index in [1.807, 2.05) is 0 Å². The zero-order valence-electron chi connectivity index (χ0n) is 12.3. The molecule has 1 N–H and O–H groups in total. The van der Waals surface area contributed by atoms with Crippen molar-refractivity contribution in [2.24, 2.45) is 0 Å². The first-order chi connectivity index (χ1) is 10.7. The molecule has 0 aliphatic heterocycles. The fraction of sp³-hybridized carbons (Fsp3) is 0.294. The summed E-state index contributed by atoms with van der Waals surface area (Å²) in [6.45, 7) is 2.08. The highest BCUT2D eigenvalue weighted by molar-refractivity contribution is 7.19. The fourth-order valence-corrected chi connectivity index (χ4v) is 4.48. The van der Waals surface area contributed by atoms with Crippen LogP contribution in [0.2, 0.25) is 5.28 Å². The molecule has 4 rings (SSSR count). The van der Waals surface area contributed by atoms with Crippen molar-refractivity contribution < 1.29 is 0 Å². The van der Waals surface area contributed by atoms with Gasteiger partial charge in [0.2, 0.25) is 5.28 Å². The fourth-order valence-electron chi connectivity index (χ4n) is 3.00. The van der Waals surface area contributed by atoms with Gasteiger partial charge in [-0.2, -0.15) is 4.98 Å². The zero-order chi connectivity index (χ0) is 15.1. The van der Waals surface area contributed by atoms with E-state index in [2.05, 4.69) is 46.5 Å². The Bertz CT molecular complexity index is 839. The molecular formula is C17H16ClN3S. The van der Waals surface area contributed by atoms with Gasteiger partial charge in [0.05, 0.1) is 5.39 Å². The molecule has 0 unspecified atom stereocenters. The summed E-state index contributed by atoms with van der Waals surface area (Å²) >= 11 is 7.89. The van der Waals surface area contributed by atoms with E-state index in [0.29, 0.717) is 5.28 Å². The third-order valence-electron chi connectivity index (χ3n) is 4.10. The molecule has 0 radical (unpaired) electrons. The highest BCUT2D eigenvalue weighted by Crippen LogP contribution is 2.39. The molecule has 0 fully saturated rings. The predicted molar refractivity (Wildman–Crippen MR) is 93.5 cm³/mol. The molecule has 0 saturated heterocycles. The normalized spacial score (nSPS) is 14.1. The highest BCUT2D eigenvalue weighted by Gasteiger charge is 2.20. The Morgan fingerprint density at radius 3 is 2.68 bits per heavy atom. The van der Waals surface area contributed by atoms with Gasteiger partial charge in [0, 0.05) is 10.6 Å². The molecule has 1 aromatic carbocycles. The molecule has 3 nitrogen and oxygen atoms in total. The lowest BCUT2D eigenvalue weighted by Crippen LogP contribution is -2.01. The Labute approximate surface area is 138 Å². The number of halogens is 1. The van der Waals surface area contributed by atoms with Gasteiger partial charge < -0.3 is 5.32 Å². The number of thiophene rings is 1. The van der Waals surface area contributed by atoms with Crippen molar-refractivity contribution in [2.45, 2.75) is 32.6 Å². The van der Waals surface area contributed by atoms with Crippen molar-refractivity contribution in [1.29, 1.82) is 0 Å². The number of nitrogens with one attached hydrogen (secondary N) is 1. The van der Waals surface area contributed by atoms with Crippen molar-refractivity contribution in [3.63, 3.8) is 0 Å². The maximum Gasteiger partial charge on any atom is 0.225 e. The molecule has 112 valence electrons. The standard InChI is InChI=1S/C17H16ClN3S/c1-10-6-8-11(9-7-10)19-15-14-12-4-2-3-5-13(12)22-16(14)21-17(18)20-15/h6-9H,2-5H2,1H3,(H,19,20,21). The van der Waals surface area contributed by atoms with Crippen molar-refractivity contribution >= 4 is 44.7 Å². The van der Waals surface area contributed by atoms with E-state index in [4.69, 9.17) is 11.6 Å². The smallest absolute Gasteiger partial charge is 0.225 e. The van der Waals surface area contributed by atoms with Crippen LogP contribution < -0.4 is 5.32 Å². The van der Waals surface area contributed by atoms with Gasteiger partial charge in [0.1, 0.15) is 10.6 Å². The first kappa shape index (κ1) is 14.0. The minimum Gasteiger partial charge on any atom is -0.340 e. The number of rotatable bonds is 2. The molecule has 2 aromatic heterocycles. The molecule has 0 spiro atoms. The molecule has 22 heavy (non-hydrogen) atoms. The summed E-state index contributed by atoms with van der Waals surface area (Å²) in [5.74, 6) is 0.832. The Kier molecular flexibility index (Phi) is 3.51. The summed E-state index contributed by atoms with van der Waals surface area (Å²) < 4.78 is 0. The van der Waals surface area contributed by atoms with Gasteiger partial charge in [-0.3, -0.25) is 0 Å². The van der Waals surface area contributed by atoms with Gasteiger partial charge in [-0.05, 0) is 61.9 Å². The van der Waals surface area contributed by atoms with Crippen molar-refractivity contribution in [2.75, 3.05) is 5.32 Å². The number of hydrogen-bond donors (Lipinski definition) is 1. The molecule has 1 aliphatic carbocycles. The SMILES string of the molecule is Cc1ccc(Nc2nc(Cl)nc3sc4c(c23)CCCC4)cc1. The molecular weight excluding hydrogens is 314 g/mol. The zero-order valence-corrected chi connectivity index (χ0v) is 13.9. The van der Waals surface area contributed by atoms with E-state index >= 15 is 0 Å². The first-order valence-electron chi connectivity index (χ1n) is 7.52. The lowest BCUT2D eigenvalue weighted by Gasteiger charge is -2.12. The predicted octanol–water partition coefficient (Wildman–Crippen LogP) is 5.28. The molecule has 0 bridgehead atoms. The van der Waals surface area contributed by atoms with Crippen LogP contribution >= 0.6 is 22.9 Å². The Hall–Kier alpha value is -1.65. The molecule has 0 amide bonds. The minimum absolute atomic E-state index is 0.306. The van der Waals surface area contributed by atoms with Crippen molar-refractivity contribution in [3.8, 4) is 0 Å². The van der Waals surface area contributed by atoms with Gasteiger partial charge in [0.25, 0.3) is 0 Å². The van der Waals surface area contributed by atoms with Crippen LogP contribution in [0.4, 0.5) is 11.5 Å². The first-order valence-corrected chi connectivity index (χ1v) is 8.71. The second-order valence-corrected chi connectivity index (χ2v) is 7.15. The average molecular weight is 330 g/mol. The van der Waals surface area contributed by atoms with Crippen LogP contribution in [0.1, 0.15) is 28.8 Å². The molecule has 5 heteroatoms. The molecule has 0 atom stereocenters. The van der Waals surface area contributed by atoms with Crippen LogP contribution in [0, 0.1) is 6.92 Å². The second-order valence-electron chi connectivity index (χ2n) is 5.72. The lowest BCUT2D eigenvalue weighted by molar-refractivity contribution is 0.700. The number of fused-ring (bicyclic) bond motifs is 3. The summed E-state index contributed by atoms with van der Waals surface area (Å²) in [5.41, 5.74) is 3.68. The largest absolute Gasteiger partial charge is 0.340 e. The maximum absolute atomic E-state index is 6.12. The third kappa shape index (κ3) is 2.46. The summed E-state index contributed by atoms with van der Waals surface area (Å²) in [4.78, 5) is 11.3. The van der Waals surface area contributed by atoms with Crippen LogP contribution in [0.15, 0.2) is 24.3 Å². The van der Waals surface area contributed by atoms with Crippen LogP contribution in [-0.4, -0.2) is 9.97 Å². The van der Waals surface area contributed by atoms with Crippen LogP contribution in [0.3, 0.4) is 0 Å². The molecule has 2 heterocycles. The molecule has 3 aromatic rings. The molecule has 0 saturated carbocycles. The number of hydrogen-bond acceptors (Lipinski definition) is 4. The van der Waals surface area contributed by atoms with E-state index in [1.165, 1.54) is 28.8 Å². The maximum atomic E-state index is 6.12. The van der Waals surface area contributed by atoms with Gasteiger partial charge in [-0.25, -0.2) is 4.98 Å². The van der Waals surface area contributed by atoms with Crippen LogP contribution in [0.25, 0.3) is 10.2 Å². The van der Waals surface area contributed by atoms with E-state index in [9.17, 15) is 0 Å². The van der Waals surface area contributed by atoms with Crippen molar-refractivity contribution in [1.82, 2.24) is 9.97 Å². The Balaban J connectivity index is 1.85. The number of aromatic nitrogens is 2. The second kappa shape index (κ2) is 5.52. The van der Waals surface area contributed by atoms with Crippen LogP contribution in [-0.2, 0) is 12.8 Å². The summed E-state index contributed by atoms with van der Waals surface area (Å²) in [6.07, 6.45) is 4.77. The highest BCUT2D eigenvalue weighted by atomic mass is 35.5. The average Bonchev–Trinajstić information content (AvgIpc) is 2.87. The third-order valence-corrected chi connectivity index (χ3v) is 5.46. The summed E-state index contributed by atoms with van der Waals surface area (Å²) in [7, 11) is 0. The van der Waals surface area contributed by atoms with Gasteiger partial charge >= 0.3 is 0 Å².